The number of hydrogen-bond donors (Lipinski definition) is 4. The van der Waals surface area contributed by atoms with Crippen molar-refractivity contribution in [3.63, 3.8) is 0 Å². The van der Waals surface area contributed by atoms with Crippen LogP contribution in [0.3, 0.4) is 0 Å². The van der Waals surface area contributed by atoms with Crippen molar-refractivity contribution < 1.29 is 14.7 Å². The third-order valence-corrected chi connectivity index (χ3v) is 6.89. The van der Waals surface area contributed by atoms with Crippen LogP contribution in [0.15, 0.2) is 85.2 Å². The number of anilines is 3. The maximum atomic E-state index is 12.9. The van der Waals surface area contributed by atoms with Gasteiger partial charge in [-0.1, -0.05) is 0 Å². The molecule has 39 heavy (non-hydrogen) atoms. The Labute approximate surface area is 224 Å². The highest BCUT2D eigenvalue weighted by atomic mass is 16.3. The standard InChI is InChI=1S/C29H27N7O3/c37-25-12-15-35(16-13-25)23-6-1-19(2-7-23)28(38)33-22-5-10-27-20(17-22)18-31-36(27)24-8-3-21(4-9-24)32-29(39)26-11-14-30-34-26/h1-11,14,17-18,25,37H,12-13,15-16H2,(H,30,34)(H,32,39)(H,33,38). The van der Waals surface area contributed by atoms with Crippen LogP contribution in [0.25, 0.3) is 16.6 Å². The quantitative estimate of drug-likeness (QED) is 0.265. The van der Waals surface area contributed by atoms with Gasteiger partial charge in [0.15, 0.2) is 0 Å². The van der Waals surface area contributed by atoms with Gasteiger partial charge in [-0.15, -0.1) is 0 Å². The van der Waals surface area contributed by atoms with Crippen molar-refractivity contribution in [2.45, 2.75) is 18.9 Å². The predicted octanol–water partition coefficient (Wildman–Crippen LogP) is 4.21. The summed E-state index contributed by atoms with van der Waals surface area (Å²) in [7, 11) is 0. The first kappa shape index (κ1) is 24.4. The average molecular weight is 522 g/mol. The number of fused-ring (bicyclic) bond motifs is 1. The molecule has 2 amide bonds. The summed E-state index contributed by atoms with van der Waals surface area (Å²) in [5, 5.41) is 27.4. The third kappa shape index (κ3) is 5.23. The van der Waals surface area contributed by atoms with Gasteiger partial charge in [-0.05, 0) is 85.6 Å². The number of aliphatic hydroxyl groups excluding tert-OH is 1. The smallest absolute Gasteiger partial charge is 0.276 e. The lowest BCUT2D eigenvalue weighted by Gasteiger charge is -2.31. The highest BCUT2D eigenvalue weighted by molar-refractivity contribution is 6.05. The molecule has 196 valence electrons. The summed E-state index contributed by atoms with van der Waals surface area (Å²) in [6, 6.07) is 22.2. The summed E-state index contributed by atoms with van der Waals surface area (Å²) in [5.74, 6) is -0.475. The van der Waals surface area contributed by atoms with Gasteiger partial charge in [0.1, 0.15) is 5.69 Å². The molecule has 0 bridgehead atoms. The number of rotatable bonds is 6. The summed E-state index contributed by atoms with van der Waals surface area (Å²) in [6.45, 7) is 1.62. The summed E-state index contributed by atoms with van der Waals surface area (Å²) < 4.78 is 1.80. The average Bonchev–Trinajstić information content (AvgIpc) is 3.65. The minimum atomic E-state index is -0.290. The van der Waals surface area contributed by atoms with Crippen LogP contribution in [0.5, 0.6) is 0 Å². The number of aromatic nitrogens is 4. The molecular weight excluding hydrogens is 494 g/mol. The molecule has 10 nitrogen and oxygen atoms in total. The van der Waals surface area contributed by atoms with Crippen molar-refractivity contribution in [2.75, 3.05) is 28.6 Å². The maximum Gasteiger partial charge on any atom is 0.276 e. The lowest BCUT2D eigenvalue weighted by molar-refractivity contribution is 0.101. The van der Waals surface area contributed by atoms with Gasteiger partial charge in [0.05, 0.1) is 23.5 Å². The summed E-state index contributed by atoms with van der Waals surface area (Å²) >= 11 is 0. The zero-order chi connectivity index (χ0) is 26.8. The molecule has 6 rings (SSSR count). The van der Waals surface area contributed by atoms with E-state index in [1.54, 1.807) is 23.1 Å². The Morgan fingerprint density at radius 3 is 2.26 bits per heavy atom. The van der Waals surface area contributed by atoms with Crippen molar-refractivity contribution in [3.05, 3.63) is 96.4 Å². The van der Waals surface area contributed by atoms with Crippen LogP contribution < -0.4 is 15.5 Å². The summed E-state index contributed by atoms with van der Waals surface area (Å²) in [6.07, 6.45) is 4.65. The molecule has 5 aromatic rings. The van der Waals surface area contributed by atoms with Gasteiger partial charge in [0.2, 0.25) is 0 Å². The van der Waals surface area contributed by atoms with E-state index in [9.17, 15) is 14.7 Å². The van der Waals surface area contributed by atoms with Crippen LogP contribution in [-0.2, 0) is 0 Å². The molecule has 1 aliphatic rings. The second-order valence-electron chi connectivity index (χ2n) is 9.51. The Kier molecular flexibility index (Phi) is 6.52. The van der Waals surface area contributed by atoms with Crippen LogP contribution in [-0.4, -0.2) is 56.1 Å². The van der Waals surface area contributed by atoms with E-state index in [1.165, 1.54) is 0 Å². The normalized spacial score (nSPS) is 13.9. The van der Waals surface area contributed by atoms with E-state index < -0.39 is 0 Å². The zero-order valence-corrected chi connectivity index (χ0v) is 21.0. The first-order chi connectivity index (χ1) is 19.0. The number of carbonyl (C=O) groups is 2. The summed E-state index contributed by atoms with van der Waals surface area (Å²) in [5.41, 5.74) is 5.00. The van der Waals surface area contributed by atoms with Gasteiger partial charge in [-0.25, -0.2) is 4.68 Å². The fourth-order valence-corrected chi connectivity index (χ4v) is 4.74. The molecule has 0 aliphatic carbocycles. The van der Waals surface area contributed by atoms with Crippen LogP contribution in [0.4, 0.5) is 17.1 Å². The molecule has 0 atom stereocenters. The molecule has 10 heteroatoms. The van der Waals surface area contributed by atoms with Crippen molar-refractivity contribution in [1.82, 2.24) is 20.0 Å². The van der Waals surface area contributed by atoms with Crippen molar-refractivity contribution in [2.24, 2.45) is 0 Å². The number of aromatic amines is 1. The molecular formula is C29H27N7O3. The Morgan fingerprint density at radius 2 is 1.54 bits per heavy atom. The maximum absolute atomic E-state index is 12.9. The molecule has 3 heterocycles. The van der Waals surface area contributed by atoms with E-state index in [0.29, 0.717) is 22.6 Å². The highest BCUT2D eigenvalue weighted by Gasteiger charge is 2.18. The number of nitrogens with zero attached hydrogens (tertiary/aromatic N) is 4. The second-order valence-corrected chi connectivity index (χ2v) is 9.51. The SMILES string of the molecule is O=C(Nc1ccc2c(cnn2-c2ccc(NC(=O)c3cc[nH]n3)cc2)c1)c1ccc(N2CCC(O)CC2)cc1. The second kappa shape index (κ2) is 10.4. The molecule has 0 spiro atoms. The molecule has 1 saturated heterocycles. The Bertz CT molecular complexity index is 1600. The van der Waals surface area contributed by atoms with E-state index in [0.717, 1.165) is 48.2 Å². The van der Waals surface area contributed by atoms with Gasteiger partial charge < -0.3 is 20.6 Å². The number of hydrogen-bond acceptors (Lipinski definition) is 6. The minimum absolute atomic E-state index is 0.185. The monoisotopic (exact) mass is 521 g/mol. The lowest BCUT2D eigenvalue weighted by atomic mass is 10.1. The molecule has 2 aromatic heterocycles. The molecule has 4 N–H and O–H groups in total. The van der Waals surface area contributed by atoms with Crippen molar-refractivity contribution in [1.29, 1.82) is 0 Å². The number of piperidine rings is 1. The fraction of sp³-hybridized carbons (Fsp3) is 0.172. The zero-order valence-electron chi connectivity index (χ0n) is 21.0. The molecule has 0 radical (unpaired) electrons. The van der Waals surface area contributed by atoms with E-state index in [-0.39, 0.29) is 17.9 Å². The molecule has 1 aliphatic heterocycles. The molecule has 3 aromatic carbocycles. The van der Waals surface area contributed by atoms with Crippen molar-refractivity contribution in [3.8, 4) is 5.69 Å². The topological polar surface area (TPSA) is 128 Å². The minimum Gasteiger partial charge on any atom is -0.393 e. The number of H-pyrrole nitrogens is 1. The number of aliphatic hydroxyl groups is 1. The van der Waals surface area contributed by atoms with Gasteiger partial charge in [0, 0.05) is 47.3 Å². The number of amides is 2. The van der Waals surface area contributed by atoms with Crippen LogP contribution >= 0.6 is 0 Å². The number of carbonyl (C=O) groups excluding carboxylic acids is 2. The third-order valence-electron chi connectivity index (χ3n) is 6.89. The molecule has 0 saturated carbocycles. The van der Waals surface area contributed by atoms with Crippen LogP contribution in [0.1, 0.15) is 33.7 Å². The predicted molar refractivity (Wildman–Crippen MR) is 149 cm³/mol. The number of benzene rings is 3. The Balaban J connectivity index is 1.12. The van der Waals surface area contributed by atoms with Gasteiger partial charge in [-0.3, -0.25) is 14.7 Å². The fourth-order valence-electron chi connectivity index (χ4n) is 4.74. The van der Waals surface area contributed by atoms with Gasteiger partial charge in [0.25, 0.3) is 11.8 Å². The Morgan fingerprint density at radius 1 is 0.846 bits per heavy atom. The van der Waals surface area contributed by atoms with E-state index in [1.807, 2.05) is 66.7 Å². The van der Waals surface area contributed by atoms with Gasteiger partial charge in [-0.2, -0.15) is 10.2 Å². The van der Waals surface area contributed by atoms with Crippen LogP contribution in [0, 0.1) is 0 Å². The van der Waals surface area contributed by atoms with Crippen molar-refractivity contribution >= 4 is 39.8 Å². The van der Waals surface area contributed by atoms with Crippen LogP contribution in [0.2, 0.25) is 0 Å². The largest absolute Gasteiger partial charge is 0.393 e. The molecule has 0 unspecified atom stereocenters. The molecule has 1 fully saturated rings. The van der Waals surface area contributed by atoms with Gasteiger partial charge >= 0.3 is 0 Å². The number of nitrogens with one attached hydrogen (secondary N) is 3. The first-order valence-electron chi connectivity index (χ1n) is 12.8. The first-order valence-corrected chi connectivity index (χ1v) is 12.8. The lowest BCUT2D eigenvalue weighted by Crippen LogP contribution is -2.35. The van der Waals surface area contributed by atoms with E-state index in [4.69, 9.17) is 0 Å². The highest BCUT2D eigenvalue weighted by Crippen LogP contribution is 2.24. The summed E-state index contributed by atoms with van der Waals surface area (Å²) in [4.78, 5) is 27.3. The van der Waals surface area contributed by atoms with E-state index >= 15 is 0 Å². The Hall–Kier alpha value is -4.96. The van der Waals surface area contributed by atoms with E-state index in [2.05, 4.69) is 30.8 Å².